The van der Waals surface area contributed by atoms with Crippen LogP contribution in [0.5, 0.6) is 23.0 Å². The largest absolute Gasteiger partial charge is 0.495 e. The fraction of sp³-hybridized carbons (Fsp3) is 0.300. The molecule has 0 fully saturated rings. The van der Waals surface area contributed by atoms with Crippen LogP contribution >= 0.6 is 23.2 Å². The van der Waals surface area contributed by atoms with E-state index in [1.54, 1.807) is 0 Å². The summed E-state index contributed by atoms with van der Waals surface area (Å²) in [4.78, 5) is 24.9. The van der Waals surface area contributed by atoms with Crippen molar-refractivity contribution in [1.82, 2.24) is 0 Å². The predicted octanol–water partition coefficient (Wildman–Crippen LogP) is 4.71. The molecule has 0 heterocycles. The Balaban J connectivity index is 2.36. The van der Waals surface area contributed by atoms with E-state index in [1.165, 1.54) is 59.6 Å². The van der Waals surface area contributed by atoms with Gasteiger partial charge in [0.15, 0.2) is 5.78 Å². The number of nitrogens with one attached hydrogen (secondary N) is 1. The maximum Gasteiger partial charge on any atom is 0.259 e. The number of ether oxygens (including phenoxy) is 4. The van der Waals surface area contributed by atoms with Crippen LogP contribution in [0.2, 0.25) is 10.0 Å². The Morgan fingerprint density at radius 1 is 0.871 bits per heavy atom. The highest BCUT2D eigenvalue weighted by Crippen LogP contribution is 2.39. The van der Waals surface area contributed by atoms with Crippen molar-refractivity contribution in [2.24, 2.45) is 10.2 Å². The van der Waals surface area contributed by atoms with Gasteiger partial charge < -0.3 is 24.3 Å². The van der Waals surface area contributed by atoms with Crippen LogP contribution in [0, 0.1) is 0 Å². The van der Waals surface area contributed by atoms with E-state index in [1.807, 2.05) is 0 Å². The van der Waals surface area contributed by atoms with Crippen LogP contribution in [-0.2, 0) is 9.59 Å². The summed E-state index contributed by atoms with van der Waals surface area (Å²) in [5, 5.41) is 11.1. The highest BCUT2D eigenvalue weighted by Gasteiger charge is 2.26. The number of anilines is 1. The number of hydrogen-bond acceptors (Lipinski definition) is 8. The highest BCUT2D eigenvalue weighted by molar-refractivity contribution is 6.33. The number of amides is 1. The standard InChI is InChI=1S/C20H21Cl2N3O6/c1-10(26)18(25-24-12-8-13(28-2)17(22)14(9-12)29-3)20(27)23-19-15(30-4)6-11(21)7-16(19)31-5/h6-9,18H,1-5H3,(H,23,27). The third-order valence-electron chi connectivity index (χ3n) is 4.07. The molecule has 0 aromatic heterocycles. The molecule has 31 heavy (non-hydrogen) atoms. The van der Waals surface area contributed by atoms with E-state index < -0.39 is 17.7 Å². The molecule has 0 aliphatic carbocycles. The molecule has 2 aromatic carbocycles. The smallest absolute Gasteiger partial charge is 0.259 e. The van der Waals surface area contributed by atoms with E-state index in [9.17, 15) is 9.59 Å². The molecule has 1 atom stereocenters. The number of azo groups is 1. The lowest BCUT2D eigenvalue weighted by Crippen LogP contribution is -2.32. The number of halogens is 2. The quantitative estimate of drug-likeness (QED) is 0.420. The van der Waals surface area contributed by atoms with E-state index in [0.29, 0.717) is 16.5 Å². The van der Waals surface area contributed by atoms with Crippen LogP contribution in [0.1, 0.15) is 6.92 Å². The van der Waals surface area contributed by atoms with Gasteiger partial charge in [-0.3, -0.25) is 9.59 Å². The van der Waals surface area contributed by atoms with Crippen molar-refractivity contribution >= 4 is 46.3 Å². The number of nitrogens with zero attached hydrogens (tertiary/aromatic N) is 2. The highest BCUT2D eigenvalue weighted by atomic mass is 35.5. The molecule has 1 N–H and O–H groups in total. The van der Waals surface area contributed by atoms with Gasteiger partial charge in [-0.15, -0.1) is 0 Å². The molecule has 9 nitrogen and oxygen atoms in total. The molecule has 2 aromatic rings. The number of hydrogen-bond donors (Lipinski definition) is 1. The van der Waals surface area contributed by atoms with Crippen molar-refractivity contribution in [2.75, 3.05) is 33.8 Å². The molecular weight excluding hydrogens is 449 g/mol. The lowest BCUT2D eigenvalue weighted by Gasteiger charge is -2.16. The second-order valence-electron chi connectivity index (χ2n) is 6.07. The molecule has 0 bridgehead atoms. The summed E-state index contributed by atoms with van der Waals surface area (Å²) < 4.78 is 20.8. The van der Waals surface area contributed by atoms with Crippen LogP contribution < -0.4 is 24.3 Å². The zero-order valence-electron chi connectivity index (χ0n) is 17.5. The molecule has 2 rings (SSSR count). The van der Waals surface area contributed by atoms with Crippen LogP contribution in [0.3, 0.4) is 0 Å². The van der Waals surface area contributed by atoms with Crippen LogP contribution in [0.25, 0.3) is 0 Å². The number of rotatable bonds is 9. The number of carbonyl (C=O) groups excluding carboxylic acids is 2. The first-order valence-electron chi connectivity index (χ1n) is 8.80. The zero-order chi connectivity index (χ0) is 23.1. The Labute approximate surface area is 189 Å². The van der Waals surface area contributed by atoms with Gasteiger partial charge in [-0.2, -0.15) is 10.2 Å². The van der Waals surface area contributed by atoms with Crippen LogP contribution in [0.4, 0.5) is 11.4 Å². The Morgan fingerprint density at radius 3 is 1.77 bits per heavy atom. The normalized spacial score (nSPS) is 11.7. The number of ketones is 1. The van der Waals surface area contributed by atoms with Gasteiger partial charge in [0.1, 0.15) is 33.7 Å². The average Bonchev–Trinajstić information content (AvgIpc) is 2.75. The van der Waals surface area contributed by atoms with Crippen molar-refractivity contribution in [1.29, 1.82) is 0 Å². The fourth-order valence-corrected chi connectivity index (χ4v) is 3.01. The second-order valence-corrected chi connectivity index (χ2v) is 6.88. The van der Waals surface area contributed by atoms with Gasteiger partial charge in [-0.1, -0.05) is 23.2 Å². The molecule has 0 aliphatic heterocycles. The number of carbonyl (C=O) groups is 2. The molecule has 0 spiro atoms. The third kappa shape index (κ3) is 5.77. The van der Waals surface area contributed by atoms with Gasteiger partial charge in [-0.25, -0.2) is 0 Å². The van der Waals surface area contributed by atoms with Gasteiger partial charge in [0.05, 0.1) is 34.1 Å². The summed E-state index contributed by atoms with van der Waals surface area (Å²) in [6.07, 6.45) is 0. The summed E-state index contributed by atoms with van der Waals surface area (Å²) in [6, 6.07) is 4.55. The fourth-order valence-electron chi connectivity index (χ4n) is 2.55. The van der Waals surface area contributed by atoms with Crippen molar-refractivity contribution in [3.05, 3.63) is 34.3 Å². The van der Waals surface area contributed by atoms with Crippen molar-refractivity contribution < 1.29 is 28.5 Å². The second kappa shape index (κ2) is 10.8. The number of benzene rings is 2. The van der Waals surface area contributed by atoms with Gasteiger partial charge in [-0.05, 0) is 6.92 Å². The first kappa shape index (κ1) is 24.2. The predicted molar refractivity (Wildman–Crippen MR) is 117 cm³/mol. The minimum atomic E-state index is -1.43. The van der Waals surface area contributed by atoms with Gasteiger partial charge in [0, 0.05) is 29.3 Å². The molecule has 0 aliphatic rings. The van der Waals surface area contributed by atoms with Gasteiger partial charge in [0.25, 0.3) is 5.91 Å². The molecule has 11 heteroatoms. The maximum absolute atomic E-state index is 12.8. The minimum Gasteiger partial charge on any atom is -0.495 e. The molecule has 166 valence electrons. The molecule has 0 radical (unpaired) electrons. The topological polar surface area (TPSA) is 108 Å². The van der Waals surface area contributed by atoms with Crippen molar-refractivity contribution in [2.45, 2.75) is 13.0 Å². The Kier molecular flexibility index (Phi) is 8.47. The molecule has 0 saturated carbocycles. The third-order valence-corrected chi connectivity index (χ3v) is 4.66. The molecule has 0 saturated heterocycles. The molecule has 1 amide bonds. The van der Waals surface area contributed by atoms with E-state index in [-0.39, 0.29) is 27.9 Å². The minimum absolute atomic E-state index is 0.204. The van der Waals surface area contributed by atoms with E-state index in [4.69, 9.17) is 42.1 Å². The Morgan fingerprint density at radius 2 is 1.35 bits per heavy atom. The molecule has 1 unspecified atom stereocenters. The lowest BCUT2D eigenvalue weighted by molar-refractivity contribution is -0.126. The van der Waals surface area contributed by atoms with Gasteiger partial charge in [0.2, 0.25) is 6.04 Å². The first-order valence-corrected chi connectivity index (χ1v) is 9.56. The monoisotopic (exact) mass is 469 g/mol. The Hall–Kier alpha value is -3.04. The first-order chi connectivity index (χ1) is 14.7. The Bertz CT molecular complexity index is 962. The van der Waals surface area contributed by atoms with Gasteiger partial charge >= 0.3 is 0 Å². The summed E-state index contributed by atoms with van der Waals surface area (Å²) in [5.74, 6) is -0.152. The molecular formula is C20H21Cl2N3O6. The van der Waals surface area contributed by atoms with Crippen LogP contribution in [-0.4, -0.2) is 46.2 Å². The summed E-state index contributed by atoms with van der Waals surface area (Å²) in [6.45, 7) is 1.22. The van der Waals surface area contributed by atoms with E-state index in [0.717, 1.165) is 0 Å². The summed E-state index contributed by atoms with van der Waals surface area (Å²) in [5.41, 5.74) is 0.481. The van der Waals surface area contributed by atoms with Crippen molar-refractivity contribution in [3.63, 3.8) is 0 Å². The summed E-state index contributed by atoms with van der Waals surface area (Å²) in [7, 11) is 5.68. The maximum atomic E-state index is 12.8. The van der Waals surface area contributed by atoms with Crippen molar-refractivity contribution in [3.8, 4) is 23.0 Å². The lowest BCUT2D eigenvalue weighted by atomic mass is 10.2. The number of Topliss-reactive ketones (excluding diaryl/α,β-unsaturated/α-hetero) is 1. The number of methoxy groups -OCH3 is 4. The van der Waals surface area contributed by atoms with Crippen LogP contribution in [0.15, 0.2) is 34.5 Å². The summed E-state index contributed by atoms with van der Waals surface area (Å²) >= 11 is 12.1. The van der Waals surface area contributed by atoms with E-state index in [2.05, 4.69) is 15.5 Å². The SMILES string of the molecule is COc1cc(N=NC(C(C)=O)C(=O)Nc2c(OC)cc(Cl)cc2OC)cc(OC)c1Cl. The average molecular weight is 470 g/mol. The zero-order valence-corrected chi connectivity index (χ0v) is 19.0. The van der Waals surface area contributed by atoms with E-state index >= 15 is 0 Å².